The number of methoxy groups -OCH3 is 2. The Balaban J connectivity index is 1.67. The molecule has 150 valence electrons. The zero-order valence-corrected chi connectivity index (χ0v) is 16.7. The number of hydrogen-bond acceptors (Lipinski definition) is 5. The number of benzene rings is 2. The van der Waals surface area contributed by atoms with Crippen LogP contribution in [0.25, 0.3) is 10.9 Å². The van der Waals surface area contributed by atoms with Crippen molar-refractivity contribution in [3.63, 3.8) is 0 Å². The third kappa shape index (κ3) is 4.11. The van der Waals surface area contributed by atoms with Crippen LogP contribution in [0.15, 0.2) is 48.5 Å². The number of ether oxygens (including phenoxy) is 2. The van der Waals surface area contributed by atoms with E-state index in [4.69, 9.17) is 9.47 Å². The highest BCUT2D eigenvalue weighted by Crippen LogP contribution is 2.31. The van der Waals surface area contributed by atoms with Gasteiger partial charge in [-0.15, -0.1) is 0 Å². The van der Waals surface area contributed by atoms with E-state index in [9.17, 15) is 4.79 Å². The molecule has 4 rings (SSSR count). The number of para-hydroxylation sites is 1. The molecule has 1 aliphatic carbocycles. The maximum atomic E-state index is 13.0. The SMILES string of the molecule is COc1ccc(Nc2cc(C(=O)NC3CCCC3)c3ccccc3n2)cc1OC. The minimum atomic E-state index is -0.0501. The number of nitrogens with zero attached hydrogens (tertiary/aromatic N) is 1. The first-order valence-corrected chi connectivity index (χ1v) is 9.87. The Morgan fingerprint density at radius 3 is 2.52 bits per heavy atom. The zero-order chi connectivity index (χ0) is 20.2. The smallest absolute Gasteiger partial charge is 0.252 e. The fourth-order valence-corrected chi connectivity index (χ4v) is 3.82. The summed E-state index contributed by atoms with van der Waals surface area (Å²) in [6.07, 6.45) is 4.44. The van der Waals surface area contributed by atoms with Crippen molar-refractivity contribution in [2.24, 2.45) is 0 Å². The van der Waals surface area contributed by atoms with Crippen molar-refractivity contribution in [3.05, 3.63) is 54.1 Å². The summed E-state index contributed by atoms with van der Waals surface area (Å²) in [5.74, 6) is 1.83. The molecule has 1 saturated carbocycles. The molecule has 0 bridgehead atoms. The largest absolute Gasteiger partial charge is 0.493 e. The van der Waals surface area contributed by atoms with Gasteiger partial charge in [-0.1, -0.05) is 31.0 Å². The molecule has 1 aromatic heterocycles. The van der Waals surface area contributed by atoms with Crippen LogP contribution >= 0.6 is 0 Å². The van der Waals surface area contributed by atoms with E-state index in [1.807, 2.05) is 48.5 Å². The Morgan fingerprint density at radius 2 is 1.76 bits per heavy atom. The van der Waals surface area contributed by atoms with Crippen molar-refractivity contribution in [3.8, 4) is 11.5 Å². The van der Waals surface area contributed by atoms with Crippen molar-refractivity contribution in [2.45, 2.75) is 31.7 Å². The summed E-state index contributed by atoms with van der Waals surface area (Å²) in [6, 6.07) is 15.3. The van der Waals surface area contributed by atoms with E-state index in [1.54, 1.807) is 14.2 Å². The van der Waals surface area contributed by atoms with Crippen molar-refractivity contribution in [1.82, 2.24) is 10.3 Å². The summed E-state index contributed by atoms with van der Waals surface area (Å²) in [5, 5.41) is 7.31. The highest BCUT2D eigenvalue weighted by Gasteiger charge is 2.20. The molecular weight excluding hydrogens is 366 g/mol. The molecule has 0 aliphatic heterocycles. The molecule has 1 amide bonds. The molecule has 1 aliphatic rings. The molecule has 0 spiro atoms. The standard InChI is InChI=1S/C23H25N3O3/c1-28-20-12-11-16(13-21(20)29-2)24-22-14-18(17-9-5-6-10-19(17)26-22)23(27)25-15-7-3-4-8-15/h5-6,9-15H,3-4,7-8H2,1-2H3,(H,24,26)(H,25,27). The number of amides is 1. The number of rotatable bonds is 6. The monoisotopic (exact) mass is 391 g/mol. The first-order chi connectivity index (χ1) is 14.2. The maximum Gasteiger partial charge on any atom is 0.252 e. The second kappa shape index (κ2) is 8.39. The van der Waals surface area contributed by atoms with Crippen LogP contribution in [0.5, 0.6) is 11.5 Å². The summed E-state index contributed by atoms with van der Waals surface area (Å²) in [4.78, 5) is 17.7. The third-order valence-electron chi connectivity index (χ3n) is 5.31. The van der Waals surface area contributed by atoms with E-state index >= 15 is 0 Å². The molecule has 1 heterocycles. The number of hydrogen-bond donors (Lipinski definition) is 2. The number of anilines is 2. The quantitative estimate of drug-likeness (QED) is 0.639. The predicted octanol–water partition coefficient (Wildman–Crippen LogP) is 4.67. The summed E-state index contributed by atoms with van der Waals surface area (Å²) < 4.78 is 10.7. The fraction of sp³-hybridized carbons (Fsp3) is 0.304. The van der Waals surface area contributed by atoms with Crippen LogP contribution < -0.4 is 20.1 Å². The highest BCUT2D eigenvalue weighted by atomic mass is 16.5. The molecule has 2 aromatic carbocycles. The molecule has 2 N–H and O–H groups in total. The van der Waals surface area contributed by atoms with Gasteiger partial charge in [0.05, 0.1) is 25.3 Å². The lowest BCUT2D eigenvalue weighted by molar-refractivity contribution is 0.0939. The Labute approximate surface area is 170 Å². The zero-order valence-electron chi connectivity index (χ0n) is 16.7. The number of carbonyl (C=O) groups excluding carboxylic acids is 1. The van der Waals surface area contributed by atoms with Crippen LogP contribution in [0.2, 0.25) is 0 Å². The molecule has 6 nitrogen and oxygen atoms in total. The lowest BCUT2D eigenvalue weighted by Gasteiger charge is -2.15. The van der Waals surface area contributed by atoms with Crippen molar-refractivity contribution in [1.29, 1.82) is 0 Å². The second-order valence-corrected chi connectivity index (χ2v) is 7.22. The van der Waals surface area contributed by atoms with Crippen LogP contribution in [-0.2, 0) is 0 Å². The second-order valence-electron chi connectivity index (χ2n) is 7.22. The van der Waals surface area contributed by atoms with Gasteiger partial charge in [0, 0.05) is 23.2 Å². The minimum absolute atomic E-state index is 0.0501. The fourth-order valence-electron chi connectivity index (χ4n) is 3.82. The minimum Gasteiger partial charge on any atom is -0.493 e. The van der Waals surface area contributed by atoms with Crippen molar-refractivity contribution >= 4 is 28.3 Å². The van der Waals surface area contributed by atoms with Crippen LogP contribution in [0, 0.1) is 0 Å². The molecule has 0 saturated heterocycles. The third-order valence-corrected chi connectivity index (χ3v) is 5.31. The first kappa shape index (κ1) is 19.1. The van der Waals surface area contributed by atoms with E-state index in [0.717, 1.165) is 29.4 Å². The predicted molar refractivity (Wildman–Crippen MR) is 114 cm³/mol. The Morgan fingerprint density at radius 1 is 1.00 bits per heavy atom. The van der Waals surface area contributed by atoms with Gasteiger partial charge in [-0.3, -0.25) is 4.79 Å². The summed E-state index contributed by atoms with van der Waals surface area (Å²) in [7, 11) is 3.20. The van der Waals surface area contributed by atoms with Gasteiger partial charge >= 0.3 is 0 Å². The Kier molecular flexibility index (Phi) is 5.51. The number of carbonyl (C=O) groups is 1. The number of aromatic nitrogens is 1. The van der Waals surface area contributed by atoms with Crippen molar-refractivity contribution in [2.75, 3.05) is 19.5 Å². The van der Waals surface area contributed by atoms with Gasteiger partial charge < -0.3 is 20.1 Å². The lowest BCUT2D eigenvalue weighted by Crippen LogP contribution is -2.32. The number of nitrogens with one attached hydrogen (secondary N) is 2. The van der Waals surface area contributed by atoms with Gasteiger partial charge in [-0.05, 0) is 37.1 Å². The van der Waals surface area contributed by atoms with Gasteiger partial charge in [0.2, 0.25) is 0 Å². The van der Waals surface area contributed by atoms with E-state index in [-0.39, 0.29) is 11.9 Å². The van der Waals surface area contributed by atoms with E-state index < -0.39 is 0 Å². The van der Waals surface area contributed by atoms with E-state index in [2.05, 4.69) is 15.6 Å². The first-order valence-electron chi connectivity index (χ1n) is 9.87. The average molecular weight is 391 g/mol. The lowest BCUT2D eigenvalue weighted by atomic mass is 10.1. The van der Waals surface area contributed by atoms with Crippen LogP contribution in [0.1, 0.15) is 36.0 Å². The normalized spacial score (nSPS) is 14.0. The highest BCUT2D eigenvalue weighted by molar-refractivity contribution is 6.07. The maximum absolute atomic E-state index is 13.0. The van der Waals surface area contributed by atoms with Crippen LogP contribution in [-0.4, -0.2) is 31.2 Å². The molecule has 29 heavy (non-hydrogen) atoms. The van der Waals surface area contributed by atoms with Gasteiger partial charge in [0.15, 0.2) is 11.5 Å². The van der Waals surface area contributed by atoms with Gasteiger partial charge in [-0.2, -0.15) is 0 Å². The van der Waals surface area contributed by atoms with Gasteiger partial charge in [0.1, 0.15) is 5.82 Å². The summed E-state index contributed by atoms with van der Waals surface area (Å²) in [5.41, 5.74) is 2.20. The van der Waals surface area contributed by atoms with Crippen LogP contribution in [0.3, 0.4) is 0 Å². The van der Waals surface area contributed by atoms with Crippen molar-refractivity contribution < 1.29 is 14.3 Å². The van der Waals surface area contributed by atoms with E-state index in [1.165, 1.54) is 12.8 Å². The molecule has 0 radical (unpaired) electrons. The molecule has 0 atom stereocenters. The van der Waals surface area contributed by atoms with E-state index in [0.29, 0.717) is 22.9 Å². The molecule has 3 aromatic rings. The molecule has 1 fully saturated rings. The Bertz CT molecular complexity index is 1030. The number of fused-ring (bicyclic) bond motifs is 1. The Hall–Kier alpha value is -3.28. The van der Waals surface area contributed by atoms with Crippen LogP contribution in [0.4, 0.5) is 11.5 Å². The topological polar surface area (TPSA) is 72.5 Å². The van der Waals surface area contributed by atoms with Gasteiger partial charge in [0.25, 0.3) is 5.91 Å². The summed E-state index contributed by atoms with van der Waals surface area (Å²) in [6.45, 7) is 0. The molecule has 0 unspecified atom stereocenters. The summed E-state index contributed by atoms with van der Waals surface area (Å²) >= 11 is 0. The number of pyridine rings is 1. The molecular formula is C23H25N3O3. The van der Waals surface area contributed by atoms with Gasteiger partial charge in [-0.25, -0.2) is 4.98 Å². The molecule has 6 heteroatoms. The average Bonchev–Trinajstić information content (AvgIpc) is 3.26.